The second-order valence-electron chi connectivity index (χ2n) is 4.23. The molecule has 1 aromatic carbocycles. The van der Waals surface area contributed by atoms with Crippen LogP contribution in [0.15, 0.2) is 12.1 Å². The van der Waals surface area contributed by atoms with Crippen molar-refractivity contribution in [1.29, 1.82) is 0 Å². The lowest BCUT2D eigenvalue weighted by Gasteiger charge is -2.28. The van der Waals surface area contributed by atoms with Gasteiger partial charge < -0.3 is 21.1 Å². The highest BCUT2D eigenvalue weighted by Crippen LogP contribution is 2.31. The molecule has 0 radical (unpaired) electrons. The van der Waals surface area contributed by atoms with E-state index in [1.807, 2.05) is 13.8 Å². The highest BCUT2D eigenvalue weighted by Gasteiger charge is 2.19. The third kappa shape index (κ3) is 3.03. The number of nitrogen functional groups attached to an aromatic ring is 1. The molecular formula is C12H18FN3O2. The molecule has 0 aliphatic rings. The van der Waals surface area contributed by atoms with Gasteiger partial charge in [0, 0.05) is 18.2 Å². The van der Waals surface area contributed by atoms with Gasteiger partial charge >= 0.3 is 0 Å². The molecule has 0 saturated heterocycles. The number of hydrogen-bond acceptors (Lipinski definition) is 4. The maximum absolute atomic E-state index is 13.9. The number of hydrogen-bond donors (Lipinski definition) is 2. The highest BCUT2D eigenvalue weighted by atomic mass is 19.1. The molecule has 100 valence electrons. The average Bonchev–Trinajstić information content (AvgIpc) is 2.26. The van der Waals surface area contributed by atoms with E-state index < -0.39 is 11.7 Å². The molecule has 0 aliphatic carbocycles. The number of nitrogens with two attached hydrogens (primary N) is 2. The van der Waals surface area contributed by atoms with Crippen molar-refractivity contribution in [2.45, 2.75) is 19.9 Å². The number of amides is 1. The van der Waals surface area contributed by atoms with E-state index in [1.54, 1.807) is 4.90 Å². The molecule has 1 aromatic rings. The number of primary amides is 1. The van der Waals surface area contributed by atoms with Crippen molar-refractivity contribution >= 4 is 17.3 Å². The number of nitrogens with zero attached hydrogens (tertiary/aromatic N) is 1. The molecule has 0 bridgehead atoms. The molecule has 0 aromatic heterocycles. The van der Waals surface area contributed by atoms with Gasteiger partial charge in [-0.25, -0.2) is 4.39 Å². The van der Waals surface area contributed by atoms with Crippen LogP contribution in [0.5, 0.6) is 5.75 Å². The van der Waals surface area contributed by atoms with Crippen molar-refractivity contribution in [3.8, 4) is 5.75 Å². The molecule has 0 atom stereocenters. The molecule has 0 heterocycles. The maximum atomic E-state index is 13.9. The minimum absolute atomic E-state index is 0.0678. The third-order valence-corrected chi connectivity index (χ3v) is 2.56. The van der Waals surface area contributed by atoms with Crippen LogP contribution in [0.1, 0.15) is 13.8 Å². The summed E-state index contributed by atoms with van der Waals surface area (Å²) in [6.07, 6.45) is 0. The Labute approximate surface area is 106 Å². The van der Waals surface area contributed by atoms with Crippen molar-refractivity contribution in [2.75, 3.05) is 24.3 Å². The zero-order chi connectivity index (χ0) is 13.9. The third-order valence-electron chi connectivity index (χ3n) is 2.56. The molecule has 5 nitrogen and oxygen atoms in total. The number of halogens is 1. The molecule has 0 saturated carbocycles. The van der Waals surface area contributed by atoms with E-state index in [9.17, 15) is 9.18 Å². The maximum Gasteiger partial charge on any atom is 0.236 e. The lowest BCUT2D eigenvalue weighted by Crippen LogP contribution is -2.39. The summed E-state index contributed by atoms with van der Waals surface area (Å²) in [6, 6.07) is 2.55. The van der Waals surface area contributed by atoms with E-state index in [2.05, 4.69) is 0 Å². The van der Waals surface area contributed by atoms with Gasteiger partial charge in [-0.3, -0.25) is 4.79 Å². The molecule has 1 rings (SSSR count). The molecule has 0 aliphatic heterocycles. The predicted octanol–water partition coefficient (Wildman–Crippen LogP) is 1.12. The average molecular weight is 255 g/mol. The molecule has 1 amide bonds. The largest absolute Gasteiger partial charge is 0.495 e. The van der Waals surface area contributed by atoms with Gasteiger partial charge in [-0.05, 0) is 13.8 Å². The summed E-state index contributed by atoms with van der Waals surface area (Å²) in [6.45, 7) is 3.61. The Morgan fingerprint density at radius 2 is 2.11 bits per heavy atom. The van der Waals surface area contributed by atoms with Crippen LogP contribution in [-0.2, 0) is 4.79 Å². The number of ether oxygens (including phenoxy) is 1. The first-order valence-corrected chi connectivity index (χ1v) is 5.54. The zero-order valence-corrected chi connectivity index (χ0v) is 10.7. The van der Waals surface area contributed by atoms with Crippen molar-refractivity contribution < 1.29 is 13.9 Å². The number of benzene rings is 1. The van der Waals surface area contributed by atoms with Crippen LogP contribution in [0, 0.1) is 5.82 Å². The van der Waals surface area contributed by atoms with E-state index in [4.69, 9.17) is 16.2 Å². The SMILES string of the molecule is COc1cc(N(CC(N)=O)C(C)C)c(F)cc1N. The van der Waals surface area contributed by atoms with E-state index in [0.717, 1.165) is 0 Å². The molecule has 18 heavy (non-hydrogen) atoms. The second kappa shape index (κ2) is 5.57. The Bertz CT molecular complexity index is 449. The number of carbonyl (C=O) groups is 1. The van der Waals surface area contributed by atoms with Crippen molar-refractivity contribution in [3.05, 3.63) is 17.9 Å². The lowest BCUT2D eigenvalue weighted by atomic mass is 10.2. The minimum Gasteiger partial charge on any atom is -0.495 e. The quantitative estimate of drug-likeness (QED) is 0.772. The monoisotopic (exact) mass is 255 g/mol. The molecule has 6 heteroatoms. The van der Waals surface area contributed by atoms with Crippen molar-refractivity contribution in [2.24, 2.45) is 5.73 Å². The Morgan fingerprint density at radius 1 is 1.50 bits per heavy atom. The Balaban J connectivity index is 3.22. The van der Waals surface area contributed by atoms with Crippen molar-refractivity contribution in [3.63, 3.8) is 0 Å². The van der Waals surface area contributed by atoms with Crippen LogP contribution in [0.4, 0.5) is 15.8 Å². The van der Waals surface area contributed by atoms with Gasteiger partial charge in [0.15, 0.2) is 0 Å². The Kier molecular flexibility index (Phi) is 4.36. The standard InChI is InChI=1S/C12H18FN3O2/c1-7(2)16(6-12(15)17)10-5-11(18-3)9(14)4-8(10)13/h4-5,7H,6,14H2,1-3H3,(H2,15,17). The molecule has 0 unspecified atom stereocenters. The van der Waals surface area contributed by atoms with Gasteiger partial charge in [0.2, 0.25) is 5.91 Å². The number of carbonyl (C=O) groups excluding carboxylic acids is 1. The summed E-state index contributed by atoms with van der Waals surface area (Å²) < 4.78 is 18.9. The van der Waals surface area contributed by atoms with Gasteiger partial charge in [-0.15, -0.1) is 0 Å². The van der Waals surface area contributed by atoms with Crippen LogP contribution in [0.2, 0.25) is 0 Å². The van der Waals surface area contributed by atoms with Gasteiger partial charge in [0.25, 0.3) is 0 Å². The number of anilines is 2. The second-order valence-corrected chi connectivity index (χ2v) is 4.23. The van der Waals surface area contributed by atoms with E-state index >= 15 is 0 Å². The molecule has 4 N–H and O–H groups in total. The molecule has 0 fully saturated rings. The Hall–Kier alpha value is -1.98. The van der Waals surface area contributed by atoms with E-state index in [-0.39, 0.29) is 24.0 Å². The summed E-state index contributed by atoms with van der Waals surface area (Å²) in [5, 5.41) is 0. The van der Waals surface area contributed by atoms with Crippen LogP contribution < -0.4 is 21.1 Å². The normalized spacial score (nSPS) is 10.5. The van der Waals surface area contributed by atoms with Crippen LogP contribution >= 0.6 is 0 Å². The van der Waals surface area contributed by atoms with Gasteiger partial charge in [-0.2, -0.15) is 0 Å². The first-order chi connectivity index (χ1) is 8.36. The van der Waals surface area contributed by atoms with Gasteiger partial charge in [-0.1, -0.05) is 0 Å². The zero-order valence-electron chi connectivity index (χ0n) is 10.7. The highest BCUT2D eigenvalue weighted by molar-refractivity contribution is 5.80. The number of rotatable bonds is 5. The van der Waals surface area contributed by atoms with Crippen molar-refractivity contribution in [1.82, 2.24) is 0 Å². The summed E-state index contributed by atoms with van der Waals surface area (Å²) in [5.74, 6) is -0.677. The molecular weight excluding hydrogens is 237 g/mol. The van der Waals surface area contributed by atoms with E-state index in [1.165, 1.54) is 19.2 Å². The molecule has 0 spiro atoms. The minimum atomic E-state index is -0.529. The fourth-order valence-electron chi connectivity index (χ4n) is 1.67. The fourth-order valence-corrected chi connectivity index (χ4v) is 1.67. The van der Waals surface area contributed by atoms with Crippen LogP contribution in [0.3, 0.4) is 0 Å². The first-order valence-electron chi connectivity index (χ1n) is 5.54. The Morgan fingerprint density at radius 3 is 2.56 bits per heavy atom. The van der Waals surface area contributed by atoms with Gasteiger partial charge in [0.1, 0.15) is 11.6 Å². The van der Waals surface area contributed by atoms with Gasteiger partial charge in [0.05, 0.1) is 25.0 Å². The summed E-state index contributed by atoms with van der Waals surface area (Å²) >= 11 is 0. The summed E-state index contributed by atoms with van der Waals surface area (Å²) in [5.41, 5.74) is 11.2. The lowest BCUT2D eigenvalue weighted by molar-refractivity contribution is -0.116. The first kappa shape index (κ1) is 14.1. The fraction of sp³-hybridized carbons (Fsp3) is 0.417. The predicted molar refractivity (Wildman–Crippen MR) is 69.0 cm³/mol. The summed E-state index contributed by atoms with van der Waals surface area (Å²) in [4.78, 5) is 12.6. The topological polar surface area (TPSA) is 81.6 Å². The van der Waals surface area contributed by atoms with E-state index in [0.29, 0.717) is 5.75 Å². The summed E-state index contributed by atoms with van der Waals surface area (Å²) in [7, 11) is 1.45. The van der Waals surface area contributed by atoms with Crippen LogP contribution in [-0.4, -0.2) is 25.6 Å². The smallest absolute Gasteiger partial charge is 0.236 e. The van der Waals surface area contributed by atoms with Crippen LogP contribution in [0.25, 0.3) is 0 Å². The number of methoxy groups -OCH3 is 1.